The summed E-state index contributed by atoms with van der Waals surface area (Å²) in [7, 11) is 5.64. The average molecular weight is 377 g/mol. The summed E-state index contributed by atoms with van der Waals surface area (Å²) in [6.45, 7) is 0.499. The molecular weight excluding hydrogens is 356 g/mol. The van der Waals surface area contributed by atoms with E-state index in [-0.39, 0.29) is 11.9 Å². The van der Waals surface area contributed by atoms with E-state index >= 15 is 0 Å². The Morgan fingerprint density at radius 3 is 2.61 bits per heavy atom. The van der Waals surface area contributed by atoms with Gasteiger partial charge in [-0.05, 0) is 38.4 Å². The molecule has 0 fully saturated rings. The Labute approximate surface area is 145 Å². The lowest BCUT2D eigenvalue weighted by molar-refractivity contribution is 0.0941. The highest BCUT2D eigenvalue weighted by molar-refractivity contribution is 9.10. The van der Waals surface area contributed by atoms with E-state index in [0.717, 1.165) is 15.8 Å². The van der Waals surface area contributed by atoms with E-state index in [2.05, 4.69) is 26.1 Å². The number of benzene rings is 2. The van der Waals surface area contributed by atoms with Crippen LogP contribution in [0.25, 0.3) is 0 Å². The van der Waals surface area contributed by atoms with Crippen molar-refractivity contribution < 1.29 is 9.53 Å². The van der Waals surface area contributed by atoms with Gasteiger partial charge in [0.15, 0.2) is 0 Å². The monoisotopic (exact) mass is 376 g/mol. The number of hydrogen-bond donors (Lipinski definition) is 1. The molecule has 0 saturated heterocycles. The molecular formula is C18H21BrN2O2. The fourth-order valence-electron chi connectivity index (χ4n) is 2.43. The Morgan fingerprint density at radius 1 is 1.22 bits per heavy atom. The molecule has 23 heavy (non-hydrogen) atoms. The quantitative estimate of drug-likeness (QED) is 0.838. The molecule has 0 aromatic heterocycles. The average Bonchev–Trinajstić information content (AvgIpc) is 2.55. The van der Waals surface area contributed by atoms with Gasteiger partial charge >= 0.3 is 0 Å². The van der Waals surface area contributed by atoms with E-state index in [4.69, 9.17) is 4.74 Å². The number of carbonyl (C=O) groups excluding carboxylic acids is 1. The van der Waals surface area contributed by atoms with Gasteiger partial charge in [0.2, 0.25) is 0 Å². The zero-order chi connectivity index (χ0) is 16.8. The zero-order valence-electron chi connectivity index (χ0n) is 13.5. The first-order valence-corrected chi connectivity index (χ1v) is 8.15. The van der Waals surface area contributed by atoms with E-state index in [1.165, 1.54) is 0 Å². The summed E-state index contributed by atoms with van der Waals surface area (Å²) in [6, 6.07) is 15.3. The summed E-state index contributed by atoms with van der Waals surface area (Å²) in [5, 5.41) is 3.00. The van der Waals surface area contributed by atoms with Crippen molar-refractivity contribution in [1.29, 1.82) is 0 Å². The van der Waals surface area contributed by atoms with Crippen LogP contribution in [-0.2, 0) is 0 Å². The molecule has 0 heterocycles. The molecule has 5 heteroatoms. The Morgan fingerprint density at radius 2 is 1.96 bits per heavy atom. The Balaban J connectivity index is 2.13. The molecule has 1 atom stereocenters. The first kappa shape index (κ1) is 17.5. The Bertz CT molecular complexity index is 674. The predicted octanol–water partition coefficient (Wildman–Crippen LogP) is 3.49. The molecule has 0 unspecified atom stereocenters. The second-order valence-electron chi connectivity index (χ2n) is 5.44. The number of nitrogens with one attached hydrogen (secondary N) is 1. The first-order chi connectivity index (χ1) is 11.0. The van der Waals surface area contributed by atoms with E-state index in [1.54, 1.807) is 13.2 Å². The minimum Gasteiger partial charge on any atom is -0.496 e. The van der Waals surface area contributed by atoms with Crippen molar-refractivity contribution in [3.05, 3.63) is 64.1 Å². The highest BCUT2D eigenvalue weighted by Gasteiger charge is 2.19. The van der Waals surface area contributed by atoms with Crippen molar-refractivity contribution >= 4 is 21.8 Å². The molecule has 1 N–H and O–H groups in total. The number of halogens is 1. The number of ether oxygens (including phenoxy) is 1. The van der Waals surface area contributed by atoms with Crippen LogP contribution in [0.4, 0.5) is 0 Å². The highest BCUT2D eigenvalue weighted by Crippen LogP contribution is 2.27. The normalized spacial score (nSPS) is 12.0. The summed E-state index contributed by atoms with van der Waals surface area (Å²) in [4.78, 5) is 14.4. The summed E-state index contributed by atoms with van der Waals surface area (Å²) >= 11 is 3.38. The van der Waals surface area contributed by atoms with Crippen molar-refractivity contribution in [2.75, 3.05) is 27.7 Å². The zero-order valence-corrected chi connectivity index (χ0v) is 15.1. The lowest BCUT2D eigenvalue weighted by atomic mass is 10.0. The minimum absolute atomic E-state index is 0.0299. The van der Waals surface area contributed by atoms with Crippen molar-refractivity contribution in [3.8, 4) is 5.75 Å². The SMILES string of the molecule is COc1ccccc1[C@H](CNC(=O)c1cccc(Br)c1)N(C)C. The van der Waals surface area contributed by atoms with Gasteiger partial charge in [-0.2, -0.15) is 0 Å². The molecule has 2 aromatic carbocycles. The van der Waals surface area contributed by atoms with Gasteiger partial charge in [-0.1, -0.05) is 40.2 Å². The Kier molecular flexibility index (Phi) is 6.19. The van der Waals surface area contributed by atoms with Gasteiger partial charge in [0, 0.05) is 22.1 Å². The van der Waals surface area contributed by atoms with Gasteiger partial charge in [-0.3, -0.25) is 4.79 Å². The number of carbonyl (C=O) groups is 1. The number of amides is 1. The van der Waals surface area contributed by atoms with Gasteiger partial charge in [0.1, 0.15) is 5.75 Å². The van der Waals surface area contributed by atoms with Crippen LogP contribution in [0.5, 0.6) is 5.75 Å². The van der Waals surface area contributed by atoms with Crippen LogP contribution in [0.1, 0.15) is 22.0 Å². The number of likely N-dealkylation sites (N-methyl/N-ethyl adjacent to an activating group) is 1. The summed E-state index contributed by atoms with van der Waals surface area (Å²) in [5.74, 6) is 0.732. The molecule has 0 bridgehead atoms. The fraction of sp³-hybridized carbons (Fsp3) is 0.278. The molecule has 4 nitrogen and oxygen atoms in total. The van der Waals surface area contributed by atoms with E-state index < -0.39 is 0 Å². The number of hydrogen-bond acceptors (Lipinski definition) is 3. The highest BCUT2D eigenvalue weighted by atomic mass is 79.9. The molecule has 0 aliphatic carbocycles. The lowest BCUT2D eigenvalue weighted by Gasteiger charge is -2.26. The second kappa shape index (κ2) is 8.13. The van der Waals surface area contributed by atoms with Crippen molar-refractivity contribution in [1.82, 2.24) is 10.2 Å². The smallest absolute Gasteiger partial charge is 0.251 e. The van der Waals surface area contributed by atoms with Crippen molar-refractivity contribution in [3.63, 3.8) is 0 Å². The summed E-state index contributed by atoms with van der Waals surface area (Å²) < 4.78 is 6.33. The van der Waals surface area contributed by atoms with Crippen LogP contribution in [0.2, 0.25) is 0 Å². The lowest BCUT2D eigenvalue weighted by Crippen LogP contribution is -2.34. The number of rotatable bonds is 6. The molecule has 1 amide bonds. The maximum atomic E-state index is 12.3. The van der Waals surface area contributed by atoms with Crippen LogP contribution in [-0.4, -0.2) is 38.6 Å². The van der Waals surface area contributed by atoms with Crippen molar-refractivity contribution in [2.45, 2.75) is 6.04 Å². The Hall–Kier alpha value is -1.85. The third-order valence-corrected chi connectivity index (χ3v) is 4.16. The molecule has 0 radical (unpaired) electrons. The van der Waals surface area contributed by atoms with E-state index in [9.17, 15) is 4.79 Å². The molecule has 122 valence electrons. The van der Waals surface area contributed by atoms with Gasteiger partial charge in [-0.25, -0.2) is 0 Å². The minimum atomic E-state index is -0.0898. The number of nitrogens with zero attached hydrogens (tertiary/aromatic N) is 1. The maximum Gasteiger partial charge on any atom is 0.251 e. The second-order valence-corrected chi connectivity index (χ2v) is 6.36. The van der Waals surface area contributed by atoms with Crippen LogP contribution in [0, 0.1) is 0 Å². The molecule has 0 aliphatic rings. The molecule has 0 spiro atoms. The molecule has 0 aliphatic heterocycles. The number of methoxy groups -OCH3 is 1. The largest absolute Gasteiger partial charge is 0.496 e. The van der Waals surface area contributed by atoms with E-state index in [0.29, 0.717) is 12.1 Å². The van der Waals surface area contributed by atoms with Gasteiger partial charge < -0.3 is 15.0 Å². The maximum absolute atomic E-state index is 12.3. The van der Waals surface area contributed by atoms with Gasteiger partial charge in [0.05, 0.1) is 13.2 Å². The first-order valence-electron chi connectivity index (χ1n) is 7.36. The summed E-state index contributed by atoms with van der Waals surface area (Å²) in [6.07, 6.45) is 0. The van der Waals surface area contributed by atoms with Gasteiger partial charge in [-0.15, -0.1) is 0 Å². The van der Waals surface area contributed by atoms with Crippen LogP contribution < -0.4 is 10.1 Å². The van der Waals surface area contributed by atoms with Crippen LogP contribution in [0.3, 0.4) is 0 Å². The standard InChI is InChI=1S/C18H21BrN2O2/c1-21(2)16(15-9-4-5-10-17(15)23-3)12-20-18(22)13-7-6-8-14(19)11-13/h4-11,16H,12H2,1-3H3,(H,20,22)/t16-/m0/s1. The topological polar surface area (TPSA) is 41.6 Å². The third-order valence-electron chi connectivity index (χ3n) is 3.66. The van der Waals surface area contributed by atoms with Crippen LogP contribution >= 0.6 is 15.9 Å². The van der Waals surface area contributed by atoms with Crippen molar-refractivity contribution in [2.24, 2.45) is 0 Å². The fourth-order valence-corrected chi connectivity index (χ4v) is 2.83. The van der Waals surface area contributed by atoms with E-state index in [1.807, 2.05) is 56.6 Å². The molecule has 0 saturated carbocycles. The van der Waals surface area contributed by atoms with Crippen LogP contribution in [0.15, 0.2) is 53.0 Å². The third kappa shape index (κ3) is 4.56. The predicted molar refractivity (Wildman–Crippen MR) is 95.9 cm³/mol. The number of para-hydroxylation sites is 1. The van der Waals surface area contributed by atoms with Gasteiger partial charge in [0.25, 0.3) is 5.91 Å². The summed E-state index contributed by atoms with van der Waals surface area (Å²) in [5.41, 5.74) is 1.69. The molecule has 2 rings (SSSR count). The molecule has 2 aromatic rings.